The normalized spacial score (nSPS) is 17.3. The zero-order valence-corrected chi connectivity index (χ0v) is 19.7. The molecule has 1 aromatic rings. The predicted molar refractivity (Wildman–Crippen MR) is 126 cm³/mol. The Kier molecular flexibility index (Phi) is 8.01. The number of carbonyl (C=O) groups excluding carboxylic acids is 1. The molecule has 0 fully saturated rings. The minimum absolute atomic E-state index is 0.0826. The van der Waals surface area contributed by atoms with Crippen molar-refractivity contribution in [1.29, 1.82) is 0 Å². The topological polar surface area (TPSA) is 88.2 Å². The zero-order chi connectivity index (χ0) is 22.6. The minimum atomic E-state index is -0.115. The lowest BCUT2D eigenvalue weighted by atomic mass is 9.77. The number of carbonyl (C=O) groups is 1. The monoisotopic (exact) mass is 431 g/mol. The molecule has 0 spiro atoms. The molecule has 0 saturated carbocycles. The fraction of sp³-hybridized carbons (Fsp3) is 0.522. The second-order valence-corrected chi connectivity index (χ2v) is 8.06. The van der Waals surface area contributed by atoms with Crippen LogP contribution < -0.4 is 10.6 Å². The van der Waals surface area contributed by atoms with Gasteiger partial charge in [-0.3, -0.25) is 4.79 Å². The van der Waals surface area contributed by atoms with Crippen molar-refractivity contribution in [3.63, 3.8) is 0 Å². The van der Waals surface area contributed by atoms with Crippen molar-refractivity contribution >= 4 is 34.5 Å². The van der Waals surface area contributed by atoms with Crippen LogP contribution in [-0.2, 0) is 9.63 Å². The number of hydrogen-bond donors (Lipinski definition) is 2. The smallest absolute Gasteiger partial charge is 0.170 e. The number of oxime groups is 1. The summed E-state index contributed by atoms with van der Waals surface area (Å²) in [5, 5.41) is 15.2. The van der Waals surface area contributed by atoms with E-state index in [4.69, 9.17) is 22.8 Å². The molecule has 1 aromatic carbocycles. The summed E-state index contributed by atoms with van der Waals surface area (Å²) in [6.45, 7) is 12.9. The summed E-state index contributed by atoms with van der Waals surface area (Å²) in [6.07, 6.45) is 1.21. The second-order valence-electron chi connectivity index (χ2n) is 7.64. The van der Waals surface area contributed by atoms with Gasteiger partial charge in [-0.15, -0.1) is 0 Å². The van der Waals surface area contributed by atoms with Crippen LogP contribution in [0.5, 0.6) is 0 Å². The highest BCUT2D eigenvalue weighted by molar-refractivity contribution is 7.80. The molecule has 6 nitrogen and oxygen atoms in total. The molecule has 164 valence electrons. The Labute approximate surface area is 184 Å². The average molecular weight is 432 g/mol. The number of anilines is 1. The van der Waals surface area contributed by atoms with Crippen LogP contribution in [0.3, 0.4) is 0 Å². The van der Waals surface area contributed by atoms with Crippen LogP contribution in [0.25, 0.3) is 0 Å². The molecule has 1 atom stereocenters. The Morgan fingerprint density at radius 3 is 2.43 bits per heavy atom. The van der Waals surface area contributed by atoms with Crippen molar-refractivity contribution in [2.75, 3.05) is 18.1 Å². The van der Waals surface area contributed by atoms with Crippen LogP contribution in [0.2, 0.25) is 0 Å². The molecule has 30 heavy (non-hydrogen) atoms. The number of Topliss-reactive ketones (excluding diaryl/α,β-unsaturated/α-hetero) is 1. The molecule has 1 aliphatic carbocycles. The summed E-state index contributed by atoms with van der Waals surface area (Å²) in [6, 6.07) is 2.10. The Hall–Kier alpha value is -2.41. The molecule has 0 saturated heterocycles. The van der Waals surface area contributed by atoms with Crippen molar-refractivity contribution in [1.82, 2.24) is 0 Å². The highest BCUT2D eigenvalue weighted by Crippen LogP contribution is 2.41. The summed E-state index contributed by atoms with van der Waals surface area (Å²) in [7, 11) is 0. The van der Waals surface area contributed by atoms with Crippen LogP contribution in [0.4, 0.5) is 5.69 Å². The fourth-order valence-electron chi connectivity index (χ4n) is 4.51. The number of benzene rings is 1. The van der Waals surface area contributed by atoms with Gasteiger partial charge in [0.05, 0.1) is 11.3 Å². The molecule has 0 bridgehead atoms. The van der Waals surface area contributed by atoms with Gasteiger partial charge in [-0.2, -0.15) is 0 Å². The van der Waals surface area contributed by atoms with Crippen LogP contribution in [-0.4, -0.2) is 34.9 Å². The maximum absolute atomic E-state index is 13.0. The summed E-state index contributed by atoms with van der Waals surface area (Å²) in [5.74, 6) is -0.137. The van der Waals surface area contributed by atoms with E-state index in [0.29, 0.717) is 48.8 Å². The quantitative estimate of drug-likeness (QED) is 0.368. The van der Waals surface area contributed by atoms with Gasteiger partial charge in [0.15, 0.2) is 10.9 Å². The number of ketones is 1. The van der Waals surface area contributed by atoms with E-state index in [1.54, 1.807) is 0 Å². The van der Waals surface area contributed by atoms with Gasteiger partial charge in [-0.1, -0.05) is 18.1 Å². The molecule has 0 radical (unpaired) electrons. The maximum atomic E-state index is 13.0. The minimum Gasteiger partial charge on any atom is -0.511 e. The molecule has 2 rings (SSSR count). The molecule has 3 N–H and O–H groups in total. The lowest BCUT2D eigenvalue weighted by molar-refractivity contribution is -0.116. The average Bonchev–Trinajstić information content (AvgIpc) is 2.66. The van der Waals surface area contributed by atoms with Crippen molar-refractivity contribution in [2.45, 2.75) is 66.7 Å². The van der Waals surface area contributed by atoms with E-state index in [0.717, 1.165) is 27.9 Å². The molecule has 1 aliphatic rings. The van der Waals surface area contributed by atoms with Gasteiger partial charge >= 0.3 is 0 Å². The number of hydrogen-bond acceptors (Lipinski definition) is 5. The van der Waals surface area contributed by atoms with Crippen molar-refractivity contribution in [2.24, 2.45) is 10.9 Å². The molecule has 7 heteroatoms. The highest BCUT2D eigenvalue weighted by atomic mass is 32.1. The third-order valence-corrected chi connectivity index (χ3v) is 5.84. The Balaban J connectivity index is 2.54. The molecular weight excluding hydrogens is 398 g/mol. The van der Waals surface area contributed by atoms with Gasteiger partial charge in [0.1, 0.15) is 12.4 Å². The van der Waals surface area contributed by atoms with Crippen molar-refractivity contribution in [3.05, 3.63) is 39.7 Å². The molecular formula is C23H33N3O3S. The van der Waals surface area contributed by atoms with E-state index < -0.39 is 0 Å². The number of aliphatic hydroxyl groups excluding tert-OH is 1. The van der Waals surface area contributed by atoms with Gasteiger partial charge in [-0.25, -0.2) is 0 Å². The first-order valence-corrected chi connectivity index (χ1v) is 10.9. The summed E-state index contributed by atoms with van der Waals surface area (Å²) in [5.41, 5.74) is 12.1. The van der Waals surface area contributed by atoms with Gasteiger partial charge in [-0.05, 0) is 81.4 Å². The Morgan fingerprint density at radius 1 is 1.27 bits per heavy atom. The number of allylic oxidation sites excluding steroid dienone is 2. The van der Waals surface area contributed by atoms with Crippen LogP contribution in [0.15, 0.2) is 22.6 Å². The van der Waals surface area contributed by atoms with Crippen molar-refractivity contribution in [3.8, 4) is 0 Å². The lowest BCUT2D eigenvalue weighted by Crippen LogP contribution is -2.36. The summed E-state index contributed by atoms with van der Waals surface area (Å²) >= 11 is 5.26. The van der Waals surface area contributed by atoms with Crippen LogP contribution in [0, 0.1) is 20.8 Å². The van der Waals surface area contributed by atoms with E-state index in [9.17, 15) is 9.90 Å². The number of thiocarbonyl (C=S) groups is 1. The number of aryl methyl sites for hydroxylation is 2. The van der Waals surface area contributed by atoms with Crippen LogP contribution >= 0.6 is 12.2 Å². The largest absolute Gasteiger partial charge is 0.511 e. The SMILES string of the molecule is CCO/N=C(/CC)C1=C(O)CC(c2c(C)cc(C)c(N(CC)C(N)=S)c2C)CC1=O. The van der Waals surface area contributed by atoms with E-state index in [1.807, 2.05) is 46.4 Å². The zero-order valence-electron chi connectivity index (χ0n) is 18.8. The van der Waals surface area contributed by atoms with E-state index in [-0.39, 0.29) is 17.5 Å². The molecule has 0 aromatic heterocycles. The van der Waals surface area contributed by atoms with E-state index >= 15 is 0 Å². The molecule has 0 heterocycles. The van der Waals surface area contributed by atoms with E-state index in [1.165, 1.54) is 0 Å². The predicted octanol–water partition coefficient (Wildman–Crippen LogP) is 4.74. The first-order valence-electron chi connectivity index (χ1n) is 10.5. The second kappa shape index (κ2) is 10.1. The van der Waals surface area contributed by atoms with Gasteiger partial charge in [0, 0.05) is 25.1 Å². The van der Waals surface area contributed by atoms with Gasteiger partial charge in [0.25, 0.3) is 0 Å². The third kappa shape index (κ3) is 4.67. The van der Waals surface area contributed by atoms with Crippen molar-refractivity contribution < 1.29 is 14.7 Å². The number of nitrogens with zero attached hydrogens (tertiary/aromatic N) is 2. The molecule has 1 unspecified atom stereocenters. The summed E-state index contributed by atoms with van der Waals surface area (Å²) in [4.78, 5) is 20.1. The maximum Gasteiger partial charge on any atom is 0.170 e. The highest BCUT2D eigenvalue weighted by Gasteiger charge is 2.33. The van der Waals surface area contributed by atoms with Gasteiger partial charge in [0.2, 0.25) is 0 Å². The number of nitrogens with two attached hydrogens (primary N) is 1. The first-order chi connectivity index (χ1) is 14.2. The Bertz CT molecular complexity index is 905. The fourth-order valence-corrected chi connectivity index (χ4v) is 4.73. The first kappa shape index (κ1) is 23.9. The third-order valence-electron chi connectivity index (χ3n) is 5.62. The van der Waals surface area contributed by atoms with Gasteiger partial charge < -0.3 is 20.6 Å². The number of rotatable bonds is 7. The molecule has 0 aliphatic heterocycles. The van der Waals surface area contributed by atoms with Crippen LogP contribution in [0.1, 0.15) is 68.2 Å². The van der Waals surface area contributed by atoms with E-state index in [2.05, 4.69) is 11.2 Å². The summed E-state index contributed by atoms with van der Waals surface area (Å²) < 4.78 is 0. The lowest BCUT2D eigenvalue weighted by Gasteiger charge is -2.31. The Morgan fingerprint density at radius 2 is 1.93 bits per heavy atom. The molecule has 0 amide bonds. The number of aliphatic hydroxyl groups is 1. The standard InChI is InChI=1S/C23H33N3O3S/c1-7-17(25-29-9-3)21-18(27)11-16(12-19(21)28)20-13(4)10-14(5)22(15(20)6)26(8-2)23(24)30/h10,16,27H,7-9,11-12H2,1-6H3,(H2,24,30)/b25-17-.